The highest BCUT2D eigenvalue weighted by Crippen LogP contribution is 2.20. The van der Waals surface area contributed by atoms with Crippen molar-refractivity contribution in [2.45, 2.75) is 39.7 Å². The molecule has 2 heteroatoms. The number of rotatable bonds is 7. The predicted octanol–water partition coefficient (Wildman–Crippen LogP) is 4.32. The molecule has 1 unspecified atom stereocenters. The van der Waals surface area contributed by atoms with Gasteiger partial charge in [-0.1, -0.05) is 49.8 Å². The lowest BCUT2D eigenvalue weighted by Gasteiger charge is -2.20. The molecular formula is C17H24N2. The van der Waals surface area contributed by atoms with Crippen LogP contribution in [-0.4, -0.2) is 12.3 Å². The van der Waals surface area contributed by atoms with Gasteiger partial charge >= 0.3 is 0 Å². The number of aryl methyl sites for hydroxylation is 1. The second-order valence-corrected chi connectivity index (χ2v) is 4.93. The molecule has 1 atom stereocenters. The topological polar surface area (TPSA) is 35.9 Å². The Morgan fingerprint density at radius 1 is 1.37 bits per heavy atom. The summed E-state index contributed by atoms with van der Waals surface area (Å²) in [5.41, 5.74) is 4.46. The van der Waals surface area contributed by atoms with Crippen molar-refractivity contribution in [1.82, 2.24) is 5.32 Å². The molecule has 0 spiro atoms. The monoisotopic (exact) mass is 256 g/mol. The van der Waals surface area contributed by atoms with Gasteiger partial charge in [0.25, 0.3) is 0 Å². The SMILES string of the molecule is C=C(c1ccc(C)cc1)C(CCC)N/C=C(/C)C=N. The normalized spacial score (nSPS) is 12.9. The largest absolute Gasteiger partial charge is 0.384 e. The molecule has 0 amide bonds. The van der Waals surface area contributed by atoms with Gasteiger partial charge in [-0.3, -0.25) is 0 Å². The van der Waals surface area contributed by atoms with Crippen molar-refractivity contribution in [2.24, 2.45) is 0 Å². The van der Waals surface area contributed by atoms with Crippen LogP contribution in [-0.2, 0) is 0 Å². The lowest BCUT2D eigenvalue weighted by Crippen LogP contribution is -2.25. The molecule has 0 aliphatic carbocycles. The molecule has 0 radical (unpaired) electrons. The Morgan fingerprint density at radius 2 is 2.00 bits per heavy atom. The maximum Gasteiger partial charge on any atom is 0.0508 e. The van der Waals surface area contributed by atoms with Gasteiger partial charge < -0.3 is 10.7 Å². The van der Waals surface area contributed by atoms with Gasteiger partial charge in [-0.15, -0.1) is 0 Å². The molecule has 0 bridgehead atoms. The van der Waals surface area contributed by atoms with Crippen LogP contribution in [0.15, 0.2) is 42.6 Å². The number of nitrogens with one attached hydrogen (secondary N) is 2. The first kappa shape index (κ1) is 15.2. The van der Waals surface area contributed by atoms with E-state index >= 15 is 0 Å². The molecule has 2 nitrogen and oxygen atoms in total. The third-order valence-electron chi connectivity index (χ3n) is 3.16. The van der Waals surface area contributed by atoms with Crippen LogP contribution >= 0.6 is 0 Å². The van der Waals surface area contributed by atoms with Crippen LogP contribution in [0.3, 0.4) is 0 Å². The summed E-state index contributed by atoms with van der Waals surface area (Å²) in [6.07, 6.45) is 5.38. The lowest BCUT2D eigenvalue weighted by atomic mass is 9.96. The average Bonchev–Trinajstić information content (AvgIpc) is 2.43. The third kappa shape index (κ3) is 4.74. The zero-order valence-corrected chi connectivity index (χ0v) is 12.2. The van der Waals surface area contributed by atoms with Crippen LogP contribution in [0.2, 0.25) is 0 Å². The second kappa shape index (κ2) is 7.57. The number of allylic oxidation sites excluding steroid dienone is 1. The molecule has 2 N–H and O–H groups in total. The van der Waals surface area contributed by atoms with E-state index in [2.05, 4.69) is 50.0 Å². The molecule has 102 valence electrons. The fourth-order valence-electron chi connectivity index (χ4n) is 1.89. The van der Waals surface area contributed by atoms with Gasteiger partial charge in [0.15, 0.2) is 0 Å². The summed E-state index contributed by atoms with van der Waals surface area (Å²) in [5, 5.41) is 10.6. The Morgan fingerprint density at radius 3 is 2.53 bits per heavy atom. The summed E-state index contributed by atoms with van der Waals surface area (Å²) in [6.45, 7) is 10.4. The van der Waals surface area contributed by atoms with Gasteiger partial charge in [-0.25, -0.2) is 0 Å². The van der Waals surface area contributed by atoms with E-state index in [9.17, 15) is 0 Å². The van der Waals surface area contributed by atoms with Crippen molar-refractivity contribution in [3.8, 4) is 0 Å². The molecule has 0 aromatic heterocycles. The van der Waals surface area contributed by atoms with E-state index in [1.165, 1.54) is 17.3 Å². The van der Waals surface area contributed by atoms with Crippen LogP contribution in [0, 0.1) is 12.3 Å². The fourth-order valence-corrected chi connectivity index (χ4v) is 1.89. The van der Waals surface area contributed by atoms with Gasteiger partial charge in [-0.05, 0) is 37.0 Å². The van der Waals surface area contributed by atoms with E-state index in [4.69, 9.17) is 5.41 Å². The standard InChI is InChI=1S/C17H24N2/c1-5-6-17(19-12-14(3)11-18)15(4)16-9-7-13(2)8-10-16/h7-12,17-19H,4-6H2,1-3H3/b14-12-,18-11?. The quantitative estimate of drug-likeness (QED) is 0.700. The van der Waals surface area contributed by atoms with Crippen molar-refractivity contribution in [1.29, 1.82) is 5.41 Å². The Labute approximate surface area is 116 Å². The fraction of sp³-hybridized carbons (Fsp3) is 0.353. The van der Waals surface area contributed by atoms with Crippen LogP contribution in [0.4, 0.5) is 0 Å². The van der Waals surface area contributed by atoms with Crippen LogP contribution in [0.25, 0.3) is 5.57 Å². The number of hydrogen-bond donors (Lipinski definition) is 2. The molecule has 1 rings (SSSR count). The molecule has 1 aromatic carbocycles. The first-order chi connectivity index (χ1) is 9.08. The van der Waals surface area contributed by atoms with Gasteiger partial charge in [0, 0.05) is 12.4 Å². The van der Waals surface area contributed by atoms with Gasteiger partial charge in [0.1, 0.15) is 0 Å². The smallest absolute Gasteiger partial charge is 0.0508 e. The molecule has 19 heavy (non-hydrogen) atoms. The van der Waals surface area contributed by atoms with Gasteiger partial charge in [0.05, 0.1) is 6.04 Å². The Hall–Kier alpha value is -1.83. The first-order valence-electron chi connectivity index (χ1n) is 6.77. The molecule has 0 saturated carbocycles. The molecule has 0 aliphatic heterocycles. The van der Waals surface area contributed by atoms with Crippen molar-refractivity contribution in [3.05, 3.63) is 53.7 Å². The van der Waals surface area contributed by atoms with E-state index < -0.39 is 0 Å². The summed E-state index contributed by atoms with van der Waals surface area (Å²) in [4.78, 5) is 0. The van der Waals surface area contributed by atoms with Crippen LogP contribution in [0.1, 0.15) is 37.8 Å². The van der Waals surface area contributed by atoms with Gasteiger partial charge in [-0.2, -0.15) is 0 Å². The minimum Gasteiger partial charge on any atom is -0.384 e. The minimum absolute atomic E-state index is 0.225. The highest BCUT2D eigenvalue weighted by Gasteiger charge is 2.11. The van der Waals surface area contributed by atoms with Crippen LogP contribution in [0.5, 0.6) is 0 Å². The zero-order valence-electron chi connectivity index (χ0n) is 12.2. The number of hydrogen-bond acceptors (Lipinski definition) is 2. The average molecular weight is 256 g/mol. The van der Waals surface area contributed by atoms with Gasteiger partial charge in [0.2, 0.25) is 0 Å². The van der Waals surface area contributed by atoms with Crippen molar-refractivity contribution < 1.29 is 0 Å². The van der Waals surface area contributed by atoms with Crippen molar-refractivity contribution in [2.75, 3.05) is 0 Å². The first-order valence-corrected chi connectivity index (χ1v) is 6.77. The molecule has 0 aliphatic rings. The molecule has 0 heterocycles. The highest BCUT2D eigenvalue weighted by atomic mass is 14.9. The zero-order chi connectivity index (χ0) is 14.3. The maximum absolute atomic E-state index is 7.19. The minimum atomic E-state index is 0.225. The molecule has 0 saturated heterocycles. The molecule has 0 fully saturated rings. The Balaban J connectivity index is 2.83. The van der Waals surface area contributed by atoms with Crippen molar-refractivity contribution >= 4 is 11.8 Å². The number of benzene rings is 1. The summed E-state index contributed by atoms with van der Waals surface area (Å²) in [6, 6.07) is 8.69. The van der Waals surface area contributed by atoms with E-state index in [1.807, 2.05) is 13.1 Å². The molecule has 1 aromatic rings. The van der Waals surface area contributed by atoms with Crippen LogP contribution < -0.4 is 5.32 Å². The van der Waals surface area contributed by atoms with E-state index in [0.29, 0.717) is 0 Å². The maximum atomic E-state index is 7.19. The van der Waals surface area contributed by atoms with E-state index in [0.717, 1.165) is 24.0 Å². The Bertz CT molecular complexity index is 455. The third-order valence-corrected chi connectivity index (χ3v) is 3.16. The molecular weight excluding hydrogens is 232 g/mol. The summed E-state index contributed by atoms with van der Waals surface area (Å²) in [5.74, 6) is 0. The summed E-state index contributed by atoms with van der Waals surface area (Å²) in [7, 11) is 0. The lowest BCUT2D eigenvalue weighted by molar-refractivity contribution is 0.640. The predicted molar refractivity (Wildman–Crippen MR) is 84.6 cm³/mol. The second-order valence-electron chi connectivity index (χ2n) is 4.93. The van der Waals surface area contributed by atoms with Crippen molar-refractivity contribution in [3.63, 3.8) is 0 Å². The van der Waals surface area contributed by atoms with E-state index in [-0.39, 0.29) is 6.04 Å². The Kier molecular flexibility index (Phi) is 6.07. The summed E-state index contributed by atoms with van der Waals surface area (Å²) >= 11 is 0. The van der Waals surface area contributed by atoms with E-state index in [1.54, 1.807) is 0 Å². The summed E-state index contributed by atoms with van der Waals surface area (Å²) < 4.78 is 0. The highest BCUT2D eigenvalue weighted by molar-refractivity contribution is 5.74.